The Hall–Kier alpha value is -0.880. The lowest BCUT2D eigenvalue weighted by atomic mass is 10.1. The van der Waals surface area contributed by atoms with Crippen molar-refractivity contribution in [1.29, 1.82) is 0 Å². The lowest BCUT2D eigenvalue weighted by Crippen LogP contribution is -2.21. The molecule has 0 N–H and O–H groups in total. The van der Waals surface area contributed by atoms with Gasteiger partial charge in [0.1, 0.15) is 5.75 Å². The molecule has 0 aromatic carbocycles. The van der Waals surface area contributed by atoms with E-state index < -0.39 is 10.9 Å². The minimum atomic E-state index is -0.756. The molecule has 17 heavy (non-hydrogen) atoms. The average molecular weight is 277 g/mol. The van der Waals surface area contributed by atoms with E-state index in [1.54, 1.807) is 6.92 Å². The van der Waals surface area contributed by atoms with Crippen molar-refractivity contribution in [1.82, 2.24) is 0 Å². The van der Waals surface area contributed by atoms with Crippen LogP contribution in [0.5, 0.6) is 0 Å². The highest BCUT2D eigenvalue weighted by molar-refractivity contribution is 7.87. The molecule has 2 heterocycles. The second-order valence-electron chi connectivity index (χ2n) is 3.49. The van der Waals surface area contributed by atoms with E-state index in [0.29, 0.717) is 24.1 Å². The van der Waals surface area contributed by atoms with Crippen molar-refractivity contribution in [2.24, 2.45) is 8.76 Å². The van der Waals surface area contributed by atoms with Gasteiger partial charge >= 0.3 is 5.97 Å². The summed E-state index contributed by atoms with van der Waals surface area (Å²) in [6.45, 7) is 2.78. The number of allylic oxidation sites excluding steroid dienone is 1. The maximum absolute atomic E-state index is 11.3. The molecule has 2 aliphatic rings. The molecule has 1 fully saturated rings. The van der Waals surface area contributed by atoms with Gasteiger partial charge in [0.05, 0.1) is 18.9 Å². The topological polar surface area (TPSA) is 60.2 Å². The number of halogens is 1. The molecule has 0 aliphatic carbocycles. The molecule has 94 valence electrons. The van der Waals surface area contributed by atoms with Gasteiger partial charge in [-0.2, -0.15) is 4.36 Å². The fraction of sp³-hybridized carbons (Fsp3) is 0.600. The molecule has 5 nitrogen and oxygen atoms in total. The van der Waals surface area contributed by atoms with Crippen LogP contribution in [0.2, 0.25) is 0 Å². The Labute approximate surface area is 107 Å². The van der Waals surface area contributed by atoms with Crippen LogP contribution < -0.4 is 0 Å². The highest BCUT2D eigenvalue weighted by Crippen LogP contribution is 2.26. The van der Waals surface area contributed by atoms with Crippen LogP contribution in [0.1, 0.15) is 19.8 Å². The van der Waals surface area contributed by atoms with Gasteiger partial charge in [0.2, 0.25) is 0 Å². The number of hydrogen-bond donors (Lipinski definition) is 0. The van der Waals surface area contributed by atoms with Gasteiger partial charge in [0.15, 0.2) is 10.9 Å². The second kappa shape index (κ2) is 5.64. The first-order chi connectivity index (χ1) is 8.20. The molecule has 0 radical (unpaired) electrons. The zero-order valence-corrected chi connectivity index (χ0v) is 11.0. The standard InChI is InChI=1S/C10H13ClN2O3S/c1-2-15-8(14)6-17-12-7-4-3-5-16-9(7)10(11)13-17/h2-6H2,1H3. The Balaban J connectivity index is 2.13. The van der Waals surface area contributed by atoms with Crippen LogP contribution in [0.4, 0.5) is 0 Å². The predicted octanol–water partition coefficient (Wildman–Crippen LogP) is 1.94. The van der Waals surface area contributed by atoms with Gasteiger partial charge in [0, 0.05) is 10.9 Å². The van der Waals surface area contributed by atoms with E-state index in [9.17, 15) is 4.79 Å². The summed E-state index contributed by atoms with van der Waals surface area (Å²) in [6.07, 6.45) is 1.75. The molecule has 1 saturated heterocycles. The second-order valence-corrected chi connectivity index (χ2v) is 5.18. The van der Waals surface area contributed by atoms with E-state index in [1.165, 1.54) is 0 Å². The van der Waals surface area contributed by atoms with Crippen molar-refractivity contribution in [2.45, 2.75) is 19.8 Å². The lowest BCUT2D eigenvalue weighted by Gasteiger charge is -2.21. The molecule has 2 rings (SSSR count). The predicted molar refractivity (Wildman–Crippen MR) is 66.8 cm³/mol. The minimum absolute atomic E-state index is 0.154. The molecule has 1 atom stereocenters. The maximum atomic E-state index is 11.3. The maximum Gasteiger partial charge on any atom is 0.318 e. The number of esters is 1. The molecule has 0 saturated carbocycles. The van der Waals surface area contributed by atoms with E-state index in [2.05, 4.69) is 8.76 Å². The highest BCUT2D eigenvalue weighted by Gasteiger charge is 2.23. The van der Waals surface area contributed by atoms with E-state index in [1.807, 2.05) is 0 Å². The SMILES string of the molecule is CCOC(=O)CS1=NC(Cl)=C2OCCCC2=N1. The van der Waals surface area contributed by atoms with E-state index >= 15 is 0 Å². The smallest absolute Gasteiger partial charge is 0.318 e. The zero-order valence-electron chi connectivity index (χ0n) is 9.44. The zero-order chi connectivity index (χ0) is 12.3. The first-order valence-corrected chi connectivity index (χ1v) is 7.08. The Bertz CT molecular complexity index is 431. The number of fused-ring (bicyclic) bond motifs is 1. The summed E-state index contributed by atoms with van der Waals surface area (Å²) < 4.78 is 18.8. The monoisotopic (exact) mass is 276 g/mol. The summed E-state index contributed by atoms with van der Waals surface area (Å²) in [5.41, 5.74) is 0.823. The lowest BCUT2D eigenvalue weighted by molar-refractivity contribution is -0.139. The van der Waals surface area contributed by atoms with Gasteiger partial charge < -0.3 is 9.47 Å². The van der Waals surface area contributed by atoms with Gasteiger partial charge in [-0.15, -0.1) is 0 Å². The Morgan fingerprint density at radius 2 is 2.47 bits per heavy atom. The van der Waals surface area contributed by atoms with Crippen molar-refractivity contribution in [3.05, 3.63) is 10.9 Å². The number of hydrogen-bond acceptors (Lipinski definition) is 5. The molecule has 1 unspecified atom stereocenters. The molecular weight excluding hydrogens is 264 g/mol. The number of rotatable bonds is 3. The normalized spacial score (nSPS) is 23.2. The minimum Gasteiger partial charge on any atom is -0.488 e. The molecule has 0 aromatic heterocycles. The Morgan fingerprint density at radius 3 is 3.24 bits per heavy atom. The van der Waals surface area contributed by atoms with E-state index in [0.717, 1.165) is 18.6 Å². The third kappa shape index (κ3) is 3.07. The highest BCUT2D eigenvalue weighted by atomic mass is 35.5. The van der Waals surface area contributed by atoms with E-state index in [4.69, 9.17) is 21.1 Å². The van der Waals surface area contributed by atoms with Gasteiger partial charge in [-0.25, -0.2) is 4.40 Å². The summed E-state index contributed by atoms with van der Waals surface area (Å²) in [7, 11) is -0.756. The number of ether oxygens (including phenoxy) is 2. The van der Waals surface area contributed by atoms with Gasteiger partial charge in [-0.1, -0.05) is 11.6 Å². The fourth-order valence-corrected chi connectivity index (χ4v) is 3.09. The largest absolute Gasteiger partial charge is 0.488 e. The molecule has 7 heteroatoms. The quantitative estimate of drug-likeness (QED) is 0.585. The van der Waals surface area contributed by atoms with Crippen LogP contribution in [-0.2, 0) is 25.1 Å². The Morgan fingerprint density at radius 1 is 1.65 bits per heavy atom. The van der Waals surface area contributed by atoms with Crippen LogP contribution in [0.25, 0.3) is 0 Å². The molecule has 0 amide bonds. The summed E-state index contributed by atoms with van der Waals surface area (Å²) in [5.74, 6) is 0.431. The fourth-order valence-electron chi connectivity index (χ4n) is 1.53. The first-order valence-electron chi connectivity index (χ1n) is 5.39. The van der Waals surface area contributed by atoms with Crippen LogP contribution in [0.15, 0.2) is 19.7 Å². The van der Waals surface area contributed by atoms with Crippen molar-refractivity contribution in [3.8, 4) is 0 Å². The van der Waals surface area contributed by atoms with Gasteiger partial charge in [0.25, 0.3) is 0 Å². The van der Waals surface area contributed by atoms with Crippen molar-refractivity contribution in [2.75, 3.05) is 19.0 Å². The third-order valence-corrected chi connectivity index (χ3v) is 3.88. The molecule has 0 aromatic rings. The molecule has 2 aliphatic heterocycles. The first kappa shape index (κ1) is 12.6. The van der Waals surface area contributed by atoms with E-state index in [-0.39, 0.29) is 11.7 Å². The van der Waals surface area contributed by atoms with Crippen LogP contribution in [0.3, 0.4) is 0 Å². The Kier molecular flexibility index (Phi) is 4.17. The molecule has 0 bridgehead atoms. The summed E-state index contributed by atoms with van der Waals surface area (Å²) >= 11 is 6.01. The summed E-state index contributed by atoms with van der Waals surface area (Å²) in [4.78, 5) is 11.3. The molecule has 0 spiro atoms. The third-order valence-electron chi connectivity index (χ3n) is 2.21. The summed E-state index contributed by atoms with van der Waals surface area (Å²) in [5, 5.41) is 0.322. The number of nitrogens with zero attached hydrogens (tertiary/aromatic N) is 2. The number of carbonyl (C=O) groups is 1. The van der Waals surface area contributed by atoms with Crippen LogP contribution >= 0.6 is 11.6 Å². The van der Waals surface area contributed by atoms with Crippen molar-refractivity contribution < 1.29 is 14.3 Å². The van der Waals surface area contributed by atoms with Crippen molar-refractivity contribution in [3.63, 3.8) is 0 Å². The molecular formula is C10H13ClN2O3S. The average Bonchev–Trinajstić information content (AvgIpc) is 2.29. The summed E-state index contributed by atoms with van der Waals surface area (Å²) in [6, 6.07) is 0. The van der Waals surface area contributed by atoms with Gasteiger partial charge in [-0.05, 0) is 19.8 Å². The number of carbonyl (C=O) groups excluding carboxylic acids is 1. The van der Waals surface area contributed by atoms with Crippen LogP contribution in [-0.4, -0.2) is 30.6 Å². The van der Waals surface area contributed by atoms with Gasteiger partial charge in [-0.3, -0.25) is 4.79 Å². The van der Waals surface area contributed by atoms with Crippen molar-refractivity contribution >= 4 is 34.2 Å². The van der Waals surface area contributed by atoms with Crippen LogP contribution in [0, 0.1) is 0 Å².